The second kappa shape index (κ2) is 8.53. The van der Waals surface area contributed by atoms with E-state index in [0.29, 0.717) is 11.6 Å². The van der Waals surface area contributed by atoms with E-state index in [1.54, 1.807) is 31.4 Å². The van der Waals surface area contributed by atoms with Crippen LogP contribution in [0.5, 0.6) is 5.75 Å². The van der Waals surface area contributed by atoms with Crippen molar-refractivity contribution >= 4 is 29.3 Å². The normalized spacial score (nSPS) is 10.5. The molecule has 2 aromatic carbocycles. The molecule has 0 saturated heterocycles. The minimum Gasteiger partial charge on any atom is -0.497 e. The fourth-order valence-electron chi connectivity index (χ4n) is 2.23. The predicted octanol–water partition coefficient (Wildman–Crippen LogP) is 2.71. The molecule has 10 heteroatoms. The van der Waals surface area contributed by atoms with Gasteiger partial charge in [-0.1, -0.05) is 11.8 Å². The summed E-state index contributed by atoms with van der Waals surface area (Å²) in [6.07, 6.45) is 0. The molecule has 2 amide bonds. The molecule has 8 nitrogen and oxygen atoms in total. The van der Waals surface area contributed by atoms with Gasteiger partial charge in [-0.15, -0.1) is 10.2 Å². The van der Waals surface area contributed by atoms with E-state index in [4.69, 9.17) is 14.9 Å². The number of nitrogens with zero attached hydrogens (tertiary/aromatic N) is 2. The number of anilines is 1. The van der Waals surface area contributed by atoms with Gasteiger partial charge in [-0.3, -0.25) is 9.59 Å². The zero-order valence-electron chi connectivity index (χ0n) is 14.6. The topological polar surface area (TPSA) is 120 Å². The van der Waals surface area contributed by atoms with Crippen molar-refractivity contribution in [3.63, 3.8) is 0 Å². The molecular weight excluding hydrogens is 387 g/mol. The number of aromatic nitrogens is 2. The Kier molecular flexibility index (Phi) is 5.90. The molecule has 3 aromatic rings. The first-order valence-electron chi connectivity index (χ1n) is 7.96. The molecule has 0 unspecified atom stereocenters. The number of thioether (sulfide) groups is 1. The molecule has 0 fully saturated rings. The number of carbonyl (C=O) groups excluding carboxylic acids is 2. The monoisotopic (exact) mass is 402 g/mol. The Bertz CT molecular complexity index is 1010. The Labute approximate surface area is 163 Å². The van der Waals surface area contributed by atoms with Gasteiger partial charge in [0.25, 0.3) is 11.1 Å². The summed E-state index contributed by atoms with van der Waals surface area (Å²) in [5.41, 5.74) is 5.76. The lowest BCUT2D eigenvalue weighted by atomic mass is 10.2. The van der Waals surface area contributed by atoms with Gasteiger partial charge < -0.3 is 20.2 Å². The molecule has 1 aromatic heterocycles. The highest BCUT2D eigenvalue weighted by Gasteiger charge is 2.13. The number of halogens is 1. The summed E-state index contributed by atoms with van der Waals surface area (Å²) in [6, 6.07) is 10.7. The largest absolute Gasteiger partial charge is 0.497 e. The summed E-state index contributed by atoms with van der Waals surface area (Å²) >= 11 is 1.04. The number of ether oxygens (including phenoxy) is 1. The fraction of sp³-hybridized carbons (Fsp3) is 0.111. The molecule has 3 N–H and O–H groups in total. The van der Waals surface area contributed by atoms with Crippen molar-refractivity contribution < 1.29 is 23.1 Å². The van der Waals surface area contributed by atoms with Crippen molar-refractivity contribution in [2.24, 2.45) is 5.73 Å². The third-order valence-electron chi connectivity index (χ3n) is 3.59. The maximum absolute atomic E-state index is 13.5. The Balaban J connectivity index is 1.58. The molecule has 0 aliphatic heterocycles. The number of primary amides is 1. The maximum atomic E-state index is 13.5. The molecular formula is C18H15FN4O4S. The van der Waals surface area contributed by atoms with E-state index in [0.717, 1.165) is 23.4 Å². The smallest absolute Gasteiger partial charge is 0.277 e. The summed E-state index contributed by atoms with van der Waals surface area (Å²) < 4.78 is 24.1. The fourth-order valence-corrected chi connectivity index (χ4v) is 2.80. The molecule has 0 radical (unpaired) electrons. The molecule has 0 saturated carbocycles. The first-order chi connectivity index (χ1) is 13.5. The first-order valence-corrected chi connectivity index (χ1v) is 8.95. The van der Waals surface area contributed by atoms with Crippen LogP contribution in [0.1, 0.15) is 10.4 Å². The van der Waals surface area contributed by atoms with Crippen molar-refractivity contribution in [2.45, 2.75) is 5.22 Å². The van der Waals surface area contributed by atoms with Crippen LogP contribution in [0.25, 0.3) is 11.5 Å². The van der Waals surface area contributed by atoms with Crippen LogP contribution in [0.4, 0.5) is 10.1 Å². The second-order valence-corrected chi connectivity index (χ2v) is 6.42. The van der Waals surface area contributed by atoms with E-state index < -0.39 is 17.6 Å². The van der Waals surface area contributed by atoms with E-state index in [1.807, 2.05) is 0 Å². The Hall–Kier alpha value is -3.40. The van der Waals surface area contributed by atoms with Crippen LogP contribution in [-0.2, 0) is 4.79 Å². The summed E-state index contributed by atoms with van der Waals surface area (Å²) in [7, 11) is 1.57. The van der Waals surface area contributed by atoms with Gasteiger partial charge >= 0.3 is 0 Å². The third-order valence-corrected chi connectivity index (χ3v) is 4.40. The van der Waals surface area contributed by atoms with Crippen LogP contribution in [0.2, 0.25) is 0 Å². The van der Waals surface area contributed by atoms with Gasteiger partial charge in [0.05, 0.1) is 18.4 Å². The first kappa shape index (κ1) is 19.4. The van der Waals surface area contributed by atoms with Crippen molar-refractivity contribution in [2.75, 3.05) is 18.2 Å². The molecule has 0 aliphatic carbocycles. The third kappa shape index (κ3) is 4.65. The van der Waals surface area contributed by atoms with E-state index >= 15 is 0 Å². The molecule has 144 valence electrons. The molecule has 3 rings (SSSR count). The van der Waals surface area contributed by atoms with E-state index in [9.17, 15) is 14.0 Å². The Morgan fingerprint density at radius 3 is 2.64 bits per heavy atom. The van der Waals surface area contributed by atoms with Crippen LogP contribution >= 0.6 is 11.8 Å². The van der Waals surface area contributed by atoms with Crippen LogP contribution in [0.3, 0.4) is 0 Å². The average molecular weight is 402 g/mol. The van der Waals surface area contributed by atoms with Gasteiger partial charge in [-0.25, -0.2) is 4.39 Å². The number of carbonyl (C=O) groups is 2. The van der Waals surface area contributed by atoms with Crippen LogP contribution in [0, 0.1) is 5.82 Å². The van der Waals surface area contributed by atoms with Gasteiger partial charge in [-0.2, -0.15) is 0 Å². The van der Waals surface area contributed by atoms with Crippen LogP contribution in [0.15, 0.2) is 52.1 Å². The van der Waals surface area contributed by atoms with Crippen molar-refractivity contribution in [3.8, 4) is 17.2 Å². The summed E-state index contributed by atoms with van der Waals surface area (Å²) in [4.78, 5) is 23.2. The van der Waals surface area contributed by atoms with Crippen molar-refractivity contribution in [3.05, 3.63) is 53.8 Å². The Morgan fingerprint density at radius 1 is 1.21 bits per heavy atom. The maximum Gasteiger partial charge on any atom is 0.277 e. The highest BCUT2D eigenvalue weighted by atomic mass is 32.2. The number of hydrogen-bond acceptors (Lipinski definition) is 7. The van der Waals surface area contributed by atoms with E-state index in [1.165, 1.54) is 12.1 Å². The molecule has 0 spiro atoms. The number of methoxy groups -OCH3 is 1. The number of amides is 2. The molecule has 0 aliphatic rings. The minimum absolute atomic E-state index is 0.0203. The standard InChI is InChI=1S/C18H15FN4O4S/c1-26-12-5-2-10(3-6-12)17-22-23-18(27-17)28-9-15(24)21-11-4-7-14(19)13(8-11)16(20)25/h2-8H,9H2,1H3,(H2,20,25)(H,21,24). The molecule has 1 heterocycles. The lowest BCUT2D eigenvalue weighted by molar-refractivity contribution is -0.113. The van der Waals surface area contributed by atoms with E-state index in [2.05, 4.69) is 15.5 Å². The lowest BCUT2D eigenvalue weighted by Crippen LogP contribution is -2.17. The molecule has 0 bridgehead atoms. The summed E-state index contributed by atoms with van der Waals surface area (Å²) in [5, 5.41) is 10.6. The van der Waals surface area contributed by atoms with Crippen LogP contribution < -0.4 is 15.8 Å². The quantitative estimate of drug-likeness (QED) is 0.583. The van der Waals surface area contributed by atoms with Gasteiger partial charge in [0.15, 0.2) is 0 Å². The predicted molar refractivity (Wildman–Crippen MR) is 101 cm³/mol. The number of nitrogens with two attached hydrogens (primary N) is 1. The average Bonchev–Trinajstić information content (AvgIpc) is 3.17. The van der Waals surface area contributed by atoms with Crippen molar-refractivity contribution in [1.82, 2.24) is 10.2 Å². The SMILES string of the molecule is COc1ccc(-c2nnc(SCC(=O)Nc3ccc(F)c(C(N)=O)c3)o2)cc1. The highest BCUT2D eigenvalue weighted by Crippen LogP contribution is 2.25. The number of rotatable bonds is 7. The zero-order valence-corrected chi connectivity index (χ0v) is 15.5. The van der Waals surface area contributed by atoms with Crippen LogP contribution in [-0.4, -0.2) is 34.9 Å². The Morgan fingerprint density at radius 2 is 1.96 bits per heavy atom. The van der Waals surface area contributed by atoms with E-state index in [-0.39, 0.29) is 22.2 Å². The van der Waals surface area contributed by atoms with Gasteiger partial charge in [0, 0.05) is 11.3 Å². The lowest BCUT2D eigenvalue weighted by Gasteiger charge is -2.06. The number of nitrogens with one attached hydrogen (secondary N) is 1. The summed E-state index contributed by atoms with van der Waals surface area (Å²) in [6.45, 7) is 0. The highest BCUT2D eigenvalue weighted by molar-refractivity contribution is 7.99. The molecule has 28 heavy (non-hydrogen) atoms. The van der Waals surface area contributed by atoms with Gasteiger partial charge in [-0.05, 0) is 42.5 Å². The second-order valence-electron chi connectivity index (χ2n) is 5.50. The van der Waals surface area contributed by atoms with Gasteiger partial charge in [0.1, 0.15) is 11.6 Å². The zero-order chi connectivity index (χ0) is 20.1. The minimum atomic E-state index is -0.917. The molecule has 0 atom stereocenters. The van der Waals surface area contributed by atoms with Crippen molar-refractivity contribution in [1.29, 1.82) is 0 Å². The van der Waals surface area contributed by atoms with Gasteiger partial charge in [0.2, 0.25) is 11.8 Å². The number of hydrogen-bond donors (Lipinski definition) is 2. The summed E-state index contributed by atoms with van der Waals surface area (Å²) in [5.74, 6) is -1.06. The number of benzene rings is 2.